The SMILES string of the molecule is CCOc1ccc(CCC(=O)N(Cc2ccccc2)[C@@H](Cc2ccccc2)C(=O)N[C@H](C)CC)cc1OCC. The van der Waals surface area contributed by atoms with Gasteiger partial charge >= 0.3 is 0 Å². The summed E-state index contributed by atoms with van der Waals surface area (Å²) in [6.07, 6.45) is 2.06. The van der Waals surface area contributed by atoms with Crippen molar-refractivity contribution in [1.29, 1.82) is 0 Å². The van der Waals surface area contributed by atoms with Gasteiger partial charge < -0.3 is 19.7 Å². The number of carbonyl (C=O) groups is 2. The lowest BCUT2D eigenvalue weighted by molar-refractivity contribution is -0.141. The summed E-state index contributed by atoms with van der Waals surface area (Å²) in [5.74, 6) is 1.19. The first-order chi connectivity index (χ1) is 18.9. The zero-order chi connectivity index (χ0) is 28.0. The van der Waals surface area contributed by atoms with Crippen LogP contribution >= 0.6 is 0 Å². The Balaban J connectivity index is 1.88. The Kier molecular flexibility index (Phi) is 11.9. The quantitative estimate of drug-likeness (QED) is 0.263. The van der Waals surface area contributed by atoms with E-state index in [0.29, 0.717) is 44.1 Å². The van der Waals surface area contributed by atoms with Crippen LogP contribution in [0.5, 0.6) is 11.5 Å². The number of rotatable bonds is 15. The molecule has 0 fully saturated rings. The van der Waals surface area contributed by atoms with E-state index in [1.165, 1.54) is 0 Å². The van der Waals surface area contributed by atoms with Crippen molar-refractivity contribution in [3.63, 3.8) is 0 Å². The van der Waals surface area contributed by atoms with Gasteiger partial charge in [-0.1, -0.05) is 73.7 Å². The van der Waals surface area contributed by atoms with Gasteiger partial charge in [-0.15, -0.1) is 0 Å². The van der Waals surface area contributed by atoms with E-state index >= 15 is 0 Å². The molecule has 0 aliphatic carbocycles. The van der Waals surface area contributed by atoms with E-state index in [4.69, 9.17) is 9.47 Å². The number of nitrogens with zero attached hydrogens (tertiary/aromatic N) is 1. The van der Waals surface area contributed by atoms with E-state index < -0.39 is 6.04 Å². The molecule has 2 amide bonds. The van der Waals surface area contributed by atoms with Gasteiger partial charge in [0.1, 0.15) is 6.04 Å². The van der Waals surface area contributed by atoms with Gasteiger partial charge in [0.2, 0.25) is 11.8 Å². The first kappa shape index (κ1) is 29.8. The second-order valence-electron chi connectivity index (χ2n) is 9.68. The highest BCUT2D eigenvalue weighted by molar-refractivity contribution is 5.88. The van der Waals surface area contributed by atoms with Crippen LogP contribution in [-0.4, -0.2) is 42.0 Å². The molecule has 0 bridgehead atoms. The van der Waals surface area contributed by atoms with Gasteiger partial charge in [-0.25, -0.2) is 0 Å². The Morgan fingerprint density at radius 2 is 1.41 bits per heavy atom. The number of hydrogen-bond acceptors (Lipinski definition) is 4. The van der Waals surface area contributed by atoms with Crippen molar-refractivity contribution >= 4 is 11.8 Å². The lowest BCUT2D eigenvalue weighted by Crippen LogP contribution is -2.52. The van der Waals surface area contributed by atoms with Crippen LogP contribution in [0.3, 0.4) is 0 Å². The molecule has 2 atom stereocenters. The summed E-state index contributed by atoms with van der Waals surface area (Å²) in [7, 11) is 0. The molecule has 0 heterocycles. The summed E-state index contributed by atoms with van der Waals surface area (Å²) in [5, 5.41) is 3.12. The van der Waals surface area contributed by atoms with Gasteiger partial charge in [0.15, 0.2) is 11.5 Å². The molecular formula is C33H42N2O4. The van der Waals surface area contributed by atoms with E-state index in [9.17, 15) is 9.59 Å². The van der Waals surface area contributed by atoms with E-state index in [1.807, 2.05) is 107 Å². The van der Waals surface area contributed by atoms with Gasteiger partial charge in [-0.3, -0.25) is 9.59 Å². The minimum atomic E-state index is -0.631. The molecule has 39 heavy (non-hydrogen) atoms. The Labute approximate surface area is 233 Å². The van der Waals surface area contributed by atoms with Crippen LogP contribution < -0.4 is 14.8 Å². The number of ether oxygens (including phenoxy) is 2. The highest BCUT2D eigenvalue weighted by atomic mass is 16.5. The van der Waals surface area contributed by atoms with Crippen molar-refractivity contribution in [1.82, 2.24) is 10.2 Å². The summed E-state index contributed by atoms with van der Waals surface area (Å²) in [6.45, 7) is 9.34. The van der Waals surface area contributed by atoms with E-state index in [0.717, 1.165) is 23.1 Å². The minimum absolute atomic E-state index is 0.0188. The monoisotopic (exact) mass is 530 g/mol. The smallest absolute Gasteiger partial charge is 0.243 e. The lowest BCUT2D eigenvalue weighted by Gasteiger charge is -2.32. The van der Waals surface area contributed by atoms with Gasteiger partial charge in [0, 0.05) is 25.4 Å². The molecule has 0 aromatic heterocycles. The third-order valence-electron chi connectivity index (χ3n) is 6.70. The topological polar surface area (TPSA) is 67.9 Å². The molecule has 1 N–H and O–H groups in total. The number of amides is 2. The van der Waals surface area contributed by atoms with Crippen LogP contribution in [0.15, 0.2) is 78.9 Å². The third-order valence-corrected chi connectivity index (χ3v) is 6.70. The lowest BCUT2D eigenvalue weighted by atomic mass is 10.0. The summed E-state index contributed by atoms with van der Waals surface area (Å²) in [5.41, 5.74) is 2.99. The second kappa shape index (κ2) is 15.6. The number of nitrogens with one attached hydrogen (secondary N) is 1. The van der Waals surface area contributed by atoms with E-state index in [1.54, 1.807) is 4.90 Å². The molecule has 0 spiro atoms. The van der Waals surface area contributed by atoms with Crippen molar-refractivity contribution in [2.75, 3.05) is 13.2 Å². The van der Waals surface area contributed by atoms with Crippen molar-refractivity contribution < 1.29 is 19.1 Å². The standard InChI is InChI=1S/C33H42N2O4/c1-5-25(4)34-33(37)29(22-26-14-10-8-11-15-26)35(24-28-16-12-9-13-17-28)32(36)21-19-27-18-20-30(38-6-2)31(23-27)39-7-3/h8-18,20,23,25,29H,5-7,19,21-22,24H2,1-4H3,(H,34,37)/t25-,29+/m1/s1. The summed E-state index contributed by atoms with van der Waals surface area (Å²) < 4.78 is 11.5. The molecule has 6 heteroatoms. The van der Waals surface area contributed by atoms with Gasteiger partial charge in [0.05, 0.1) is 13.2 Å². The minimum Gasteiger partial charge on any atom is -0.490 e. The number of aryl methyl sites for hydroxylation is 1. The van der Waals surface area contributed by atoms with Crippen LogP contribution in [-0.2, 0) is 29.0 Å². The average Bonchev–Trinajstić information content (AvgIpc) is 2.96. The van der Waals surface area contributed by atoms with Crippen LogP contribution in [0.1, 0.15) is 57.2 Å². The predicted octanol–water partition coefficient (Wildman–Crippen LogP) is 5.97. The van der Waals surface area contributed by atoms with Crippen molar-refractivity contribution in [3.8, 4) is 11.5 Å². The zero-order valence-electron chi connectivity index (χ0n) is 23.7. The third kappa shape index (κ3) is 9.17. The first-order valence-electron chi connectivity index (χ1n) is 14.0. The van der Waals surface area contributed by atoms with Crippen molar-refractivity contribution in [2.45, 2.75) is 72.0 Å². The Hall–Kier alpha value is -3.80. The summed E-state index contributed by atoms with van der Waals surface area (Å²) >= 11 is 0. The molecule has 3 aromatic carbocycles. The second-order valence-corrected chi connectivity index (χ2v) is 9.68. The number of benzene rings is 3. The Morgan fingerprint density at radius 3 is 2.03 bits per heavy atom. The fourth-order valence-corrected chi connectivity index (χ4v) is 4.42. The molecule has 0 saturated carbocycles. The van der Waals surface area contributed by atoms with Gasteiger partial charge in [0.25, 0.3) is 0 Å². The van der Waals surface area contributed by atoms with Crippen LogP contribution in [0.2, 0.25) is 0 Å². The average molecular weight is 531 g/mol. The molecule has 6 nitrogen and oxygen atoms in total. The molecule has 3 rings (SSSR count). The fourth-order valence-electron chi connectivity index (χ4n) is 4.42. The summed E-state index contributed by atoms with van der Waals surface area (Å²) in [4.78, 5) is 29.2. The van der Waals surface area contributed by atoms with Gasteiger partial charge in [-0.05, 0) is 62.4 Å². The van der Waals surface area contributed by atoms with E-state index in [2.05, 4.69) is 5.32 Å². The predicted molar refractivity (Wildman–Crippen MR) is 156 cm³/mol. The number of hydrogen-bond donors (Lipinski definition) is 1. The summed E-state index contributed by atoms with van der Waals surface area (Å²) in [6, 6.07) is 24.9. The van der Waals surface area contributed by atoms with Gasteiger partial charge in [-0.2, -0.15) is 0 Å². The Bertz CT molecular complexity index is 1170. The van der Waals surface area contributed by atoms with E-state index in [-0.39, 0.29) is 24.3 Å². The maximum absolute atomic E-state index is 13.9. The first-order valence-corrected chi connectivity index (χ1v) is 14.0. The normalized spacial score (nSPS) is 12.3. The van der Waals surface area contributed by atoms with Crippen molar-refractivity contribution in [3.05, 3.63) is 95.6 Å². The molecule has 0 aliphatic rings. The molecule has 0 aliphatic heterocycles. The largest absolute Gasteiger partial charge is 0.490 e. The maximum atomic E-state index is 13.9. The highest BCUT2D eigenvalue weighted by Crippen LogP contribution is 2.29. The van der Waals surface area contributed by atoms with Crippen LogP contribution in [0.4, 0.5) is 0 Å². The van der Waals surface area contributed by atoms with Crippen LogP contribution in [0.25, 0.3) is 0 Å². The molecular weight excluding hydrogens is 488 g/mol. The molecule has 0 radical (unpaired) electrons. The Morgan fingerprint density at radius 1 is 0.795 bits per heavy atom. The fraction of sp³-hybridized carbons (Fsp3) is 0.394. The highest BCUT2D eigenvalue weighted by Gasteiger charge is 2.30. The van der Waals surface area contributed by atoms with Crippen LogP contribution in [0, 0.1) is 0 Å². The maximum Gasteiger partial charge on any atom is 0.243 e. The van der Waals surface area contributed by atoms with Crippen molar-refractivity contribution in [2.24, 2.45) is 0 Å². The molecule has 208 valence electrons. The zero-order valence-corrected chi connectivity index (χ0v) is 23.7. The molecule has 3 aromatic rings. The molecule has 0 unspecified atom stereocenters. The molecule has 0 saturated heterocycles. The number of carbonyl (C=O) groups excluding carboxylic acids is 2.